The van der Waals surface area contributed by atoms with Crippen molar-refractivity contribution < 1.29 is 9.18 Å². The van der Waals surface area contributed by atoms with Crippen LogP contribution in [0.5, 0.6) is 0 Å². The molecule has 0 atom stereocenters. The van der Waals surface area contributed by atoms with E-state index in [0.29, 0.717) is 22.9 Å². The second kappa shape index (κ2) is 8.51. The molecule has 1 aliphatic heterocycles. The summed E-state index contributed by atoms with van der Waals surface area (Å²) >= 11 is 3.33. The van der Waals surface area contributed by atoms with Gasteiger partial charge in [-0.25, -0.2) is 9.37 Å². The largest absolute Gasteiger partial charge is 0.307 e. The molecule has 1 aromatic carbocycles. The van der Waals surface area contributed by atoms with E-state index in [1.807, 2.05) is 6.08 Å². The Morgan fingerprint density at radius 1 is 1.20 bits per heavy atom. The molecule has 1 fully saturated rings. The van der Waals surface area contributed by atoms with Crippen LogP contribution in [0.4, 0.5) is 10.2 Å². The lowest BCUT2D eigenvalue weighted by molar-refractivity contribution is -0.111. The van der Waals surface area contributed by atoms with Gasteiger partial charge in [0.05, 0.1) is 0 Å². The Morgan fingerprint density at radius 3 is 2.57 bits per heavy atom. The van der Waals surface area contributed by atoms with Gasteiger partial charge in [0.25, 0.3) is 5.91 Å². The van der Waals surface area contributed by atoms with Crippen molar-refractivity contribution in [3.05, 3.63) is 64.0 Å². The van der Waals surface area contributed by atoms with Crippen molar-refractivity contribution >= 4 is 33.2 Å². The van der Waals surface area contributed by atoms with Crippen LogP contribution in [0.3, 0.4) is 0 Å². The van der Waals surface area contributed by atoms with Crippen LogP contribution in [0.2, 0.25) is 0 Å². The molecule has 1 N–H and O–H groups in total. The molecule has 0 radical (unpaired) electrons. The van der Waals surface area contributed by atoms with Gasteiger partial charge in [0.2, 0.25) is 5.66 Å². The second-order valence-corrected chi connectivity index (χ2v) is 8.45. The van der Waals surface area contributed by atoms with Gasteiger partial charge in [0.15, 0.2) is 0 Å². The zero-order valence-electron chi connectivity index (χ0n) is 16.3. The van der Waals surface area contributed by atoms with Crippen molar-refractivity contribution in [2.75, 3.05) is 5.32 Å². The van der Waals surface area contributed by atoms with Crippen LogP contribution >= 0.6 is 15.9 Å². The van der Waals surface area contributed by atoms with Crippen LogP contribution in [0.25, 0.3) is 5.57 Å². The molecular formula is C21H20BrFN6O. The average molecular weight is 471 g/mol. The Morgan fingerprint density at radius 2 is 1.93 bits per heavy atom. The highest BCUT2D eigenvalue weighted by Gasteiger charge is 2.33. The van der Waals surface area contributed by atoms with Crippen molar-refractivity contribution in [1.29, 1.82) is 0 Å². The average Bonchev–Trinajstić information content (AvgIpc) is 3.40. The van der Waals surface area contributed by atoms with Gasteiger partial charge in [-0.05, 0) is 75.8 Å². The SMILES string of the molecule is CC1(c2ccc(/C(=C\C3CCCC3)C(=O)Nc3ccc(Br)cn3)cc2F)N=NN=N1. The highest BCUT2D eigenvalue weighted by Crippen LogP contribution is 2.35. The topological polar surface area (TPSA) is 91.4 Å². The van der Waals surface area contributed by atoms with Gasteiger partial charge in [-0.15, -0.1) is 10.2 Å². The van der Waals surface area contributed by atoms with E-state index in [4.69, 9.17) is 0 Å². The molecule has 0 saturated heterocycles. The maximum absolute atomic E-state index is 15.0. The summed E-state index contributed by atoms with van der Waals surface area (Å²) in [6.45, 7) is 1.63. The summed E-state index contributed by atoms with van der Waals surface area (Å²) in [7, 11) is 0. The number of amides is 1. The third-order valence-electron chi connectivity index (χ3n) is 5.33. The lowest BCUT2D eigenvalue weighted by Crippen LogP contribution is -2.18. The number of allylic oxidation sites excluding steroid dienone is 1. The summed E-state index contributed by atoms with van der Waals surface area (Å²) in [5, 5.41) is 17.6. The number of nitrogens with zero attached hydrogens (tertiary/aromatic N) is 5. The number of anilines is 1. The first-order valence-electron chi connectivity index (χ1n) is 9.74. The van der Waals surface area contributed by atoms with Crippen molar-refractivity contribution in [1.82, 2.24) is 4.98 Å². The Labute approximate surface area is 181 Å². The van der Waals surface area contributed by atoms with Gasteiger partial charge in [0.1, 0.15) is 11.6 Å². The molecule has 1 saturated carbocycles. The highest BCUT2D eigenvalue weighted by molar-refractivity contribution is 9.10. The molecule has 9 heteroatoms. The number of nitrogens with one attached hydrogen (secondary N) is 1. The van der Waals surface area contributed by atoms with Crippen LogP contribution in [-0.2, 0) is 10.5 Å². The predicted molar refractivity (Wildman–Crippen MR) is 114 cm³/mol. The molecular weight excluding hydrogens is 451 g/mol. The maximum Gasteiger partial charge on any atom is 0.257 e. The monoisotopic (exact) mass is 470 g/mol. The molecule has 1 aliphatic carbocycles. The van der Waals surface area contributed by atoms with Crippen LogP contribution in [0.15, 0.2) is 67.8 Å². The normalized spacial score (nSPS) is 18.2. The van der Waals surface area contributed by atoms with Gasteiger partial charge >= 0.3 is 0 Å². The molecule has 7 nitrogen and oxygen atoms in total. The minimum absolute atomic E-state index is 0.256. The highest BCUT2D eigenvalue weighted by atomic mass is 79.9. The number of halogens is 2. The number of benzene rings is 1. The predicted octanol–water partition coefficient (Wildman–Crippen LogP) is 6.20. The maximum atomic E-state index is 15.0. The quantitative estimate of drug-likeness (QED) is 0.526. The zero-order valence-corrected chi connectivity index (χ0v) is 17.9. The molecule has 0 bridgehead atoms. The van der Waals surface area contributed by atoms with E-state index in [2.05, 4.69) is 46.9 Å². The molecule has 0 spiro atoms. The Hall–Kier alpha value is -2.81. The second-order valence-electron chi connectivity index (χ2n) is 7.53. The summed E-state index contributed by atoms with van der Waals surface area (Å²) in [6.07, 6.45) is 7.86. The van der Waals surface area contributed by atoms with Crippen molar-refractivity contribution in [3.8, 4) is 0 Å². The minimum atomic E-state index is -1.18. The molecule has 1 amide bonds. The van der Waals surface area contributed by atoms with E-state index < -0.39 is 11.5 Å². The fourth-order valence-corrected chi connectivity index (χ4v) is 3.94. The first-order chi connectivity index (χ1) is 14.4. The fourth-order valence-electron chi connectivity index (χ4n) is 3.70. The van der Waals surface area contributed by atoms with Crippen LogP contribution in [-0.4, -0.2) is 10.9 Å². The van der Waals surface area contributed by atoms with Gasteiger partial charge < -0.3 is 5.32 Å². The third kappa shape index (κ3) is 4.35. The summed E-state index contributed by atoms with van der Waals surface area (Å²) in [6, 6.07) is 8.14. The first-order valence-corrected chi connectivity index (χ1v) is 10.5. The lowest BCUT2D eigenvalue weighted by atomic mass is 9.94. The summed E-state index contributed by atoms with van der Waals surface area (Å²) in [4.78, 5) is 17.3. The minimum Gasteiger partial charge on any atom is -0.307 e. The standard InChI is InChI=1S/C21H20BrFN6O/c1-21(26-28-29-27-21)17-8-6-14(11-18(17)23)16(10-13-4-2-3-5-13)20(30)25-19-9-7-15(22)12-24-19/h6-13H,2-5H2,1H3,(H,24,25,30)/b16-10+. The van der Waals surface area contributed by atoms with E-state index in [-0.39, 0.29) is 11.5 Å². The third-order valence-corrected chi connectivity index (χ3v) is 5.79. The number of rotatable bonds is 5. The van der Waals surface area contributed by atoms with E-state index in [0.717, 1.165) is 30.2 Å². The number of hydrogen-bond acceptors (Lipinski definition) is 6. The van der Waals surface area contributed by atoms with Crippen LogP contribution in [0, 0.1) is 11.7 Å². The van der Waals surface area contributed by atoms with Crippen LogP contribution < -0.4 is 5.32 Å². The fraction of sp³-hybridized carbons (Fsp3) is 0.333. The molecule has 30 heavy (non-hydrogen) atoms. The number of pyridine rings is 1. The summed E-state index contributed by atoms with van der Waals surface area (Å²) < 4.78 is 15.8. The van der Waals surface area contributed by atoms with E-state index in [1.165, 1.54) is 6.07 Å². The van der Waals surface area contributed by atoms with Crippen molar-refractivity contribution in [3.63, 3.8) is 0 Å². The number of aromatic nitrogens is 1. The molecule has 154 valence electrons. The molecule has 4 rings (SSSR count). The lowest BCUT2D eigenvalue weighted by Gasteiger charge is -2.17. The first kappa shape index (κ1) is 20.5. The summed E-state index contributed by atoms with van der Waals surface area (Å²) in [5.74, 6) is -0.116. The Bertz CT molecular complexity index is 1030. The molecule has 2 aliphatic rings. The van der Waals surface area contributed by atoms with Crippen molar-refractivity contribution in [2.45, 2.75) is 38.3 Å². The zero-order chi connectivity index (χ0) is 21.1. The van der Waals surface area contributed by atoms with E-state index in [1.54, 1.807) is 37.4 Å². The smallest absolute Gasteiger partial charge is 0.257 e. The number of hydrogen-bond donors (Lipinski definition) is 1. The molecule has 1 aromatic heterocycles. The van der Waals surface area contributed by atoms with Gasteiger partial charge in [-0.1, -0.05) is 31.1 Å². The number of carbonyl (C=O) groups is 1. The summed E-state index contributed by atoms with van der Waals surface area (Å²) in [5.41, 5.74) is -0.00163. The van der Waals surface area contributed by atoms with Gasteiger partial charge in [-0.2, -0.15) is 0 Å². The van der Waals surface area contributed by atoms with Gasteiger partial charge in [0, 0.05) is 21.8 Å². The van der Waals surface area contributed by atoms with E-state index >= 15 is 0 Å². The Kier molecular flexibility index (Phi) is 5.80. The molecule has 2 heterocycles. The molecule has 2 aromatic rings. The van der Waals surface area contributed by atoms with E-state index in [9.17, 15) is 9.18 Å². The van der Waals surface area contributed by atoms with Gasteiger partial charge in [-0.3, -0.25) is 4.79 Å². The molecule has 0 unspecified atom stereocenters. The number of carbonyl (C=O) groups excluding carboxylic acids is 1. The van der Waals surface area contributed by atoms with Crippen LogP contribution in [0.1, 0.15) is 43.7 Å². The Balaban J connectivity index is 1.66. The van der Waals surface area contributed by atoms with Crippen molar-refractivity contribution in [2.24, 2.45) is 26.6 Å².